The van der Waals surface area contributed by atoms with Gasteiger partial charge in [-0.15, -0.1) is 0 Å². The molecule has 0 bridgehead atoms. The third-order valence-corrected chi connectivity index (χ3v) is 3.85. The normalized spacial score (nSPS) is 29.5. The van der Waals surface area contributed by atoms with Crippen molar-refractivity contribution in [1.82, 2.24) is 9.78 Å². The maximum atomic E-state index is 6.07. The van der Waals surface area contributed by atoms with E-state index in [2.05, 4.69) is 12.0 Å². The Morgan fingerprint density at radius 2 is 2.24 bits per heavy atom. The molecule has 2 rings (SSSR count). The van der Waals surface area contributed by atoms with Crippen LogP contribution in [0.2, 0.25) is 0 Å². The molecule has 1 heterocycles. The van der Waals surface area contributed by atoms with Crippen molar-refractivity contribution >= 4 is 0 Å². The second kappa shape index (κ2) is 5.19. The number of ether oxygens (including phenoxy) is 1. The van der Waals surface area contributed by atoms with Gasteiger partial charge in [-0.25, -0.2) is 0 Å². The summed E-state index contributed by atoms with van der Waals surface area (Å²) in [6, 6.07) is 2.00. The van der Waals surface area contributed by atoms with E-state index in [1.165, 1.54) is 12.8 Å². The number of nitrogens with two attached hydrogens (primary N) is 1. The summed E-state index contributed by atoms with van der Waals surface area (Å²) >= 11 is 0. The van der Waals surface area contributed by atoms with E-state index in [1.807, 2.05) is 19.3 Å². The lowest BCUT2D eigenvalue weighted by molar-refractivity contribution is -0.0810. The summed E-state index contributed by atoms with van der Waals surface area (Å²) in [7, 11) is 1.92. The summed E-state index contributed by atoms with van der Waals surface area (Å²) in [6.07, 6.45) is 6.55. The first-order valence-electron chi connectivity index (χ1n) is 6.46. The number of rotatable bonds is 4. The molecular weight excluding hydrogens is 214 g/mol. The van der Waals surface area contributed by atoms with Crippen molar-refractivity contribution in [2.24, 2.45) is 18.7 Å². The van der Waals surface area contributed by atoms with Crippen LogP contribution < -0.4 is 5.73 Å². The van der Waals surface area contributed by atoms with Gasteiger partial charge in [0.15, 0.2) is 0 Å². The van der Waals surface area contributed by atoms with Crippen molar-refractivity contribution in [3.8, 4) is 0 Å². The maximum absolute atomic E-state index is 6.07. The molecule has 0 aliphatic heterocycles. The topological polar surface area (TPSA) is 53.1 Å². The monoisotopic (exact) mass is 237 g/mol. The zero-order chi connectivity index (χ0) is 12.3. The van der Waals surface area contributed by atoms with Gasteiger partial charge < -0.3 is 10.5 Å². The molecule has 0 aromatic carbocycles. The van der Waals surface area contributed by atoms with Crippen LogP contribution in [0.4, 0.5) is 0 Å². The molecule has 4 nitrogen and oxygen atoms in total. The first-order valence-corrected chi connectivity index (χ1v) is 6.46. The zero-order valence-corrected chi connectivity index (χ0v) is 10.9. The molecule has 0 saturated heterocycles. The van der Waals surface area contributed by atoms with Gasteiger partial charge in [0.1, 0.15) is 0 Å². The Hall–Kier alpha value is -0.870. The van der Waals surface area contributed by atoms with Gasteiger partial charge in [0.05, 0.1) is 17.9 Å². The third-order valence-electron chi connectivity index (χ3n) is 3.85. The molecule has 0 radical (unpaired) electrons. The molecule has 4 heteroatoms. The lowest BCUT2D eigenvalue weighted by Crippen LogP contribution is -2.43. The van der Waals surface area contributed by atoms with Crippen LogP contribution in [-0.2, 0) is 18.4 Å². The summed E-state index contributed by atoms with van der Waals surface area (Å²) in [6.45, 7) is 3.50. The van der Waals surface area contributed by atoms with E-state index in [9.17, 15) is 0 Å². The summed E-state index contributed by atoms with van der Waals surface area (Å²) in [4.78, 5) is 0. The van der Waals surface area contributed by atoms with Crippen molar-refractivity contribution in [3.05, 3.63) is 18.0 Å². The van der Waals surface area contributed by atoms with E-state index in [-0.39, 0.29) is 5.60 Å². The SMILES string of the molecule is CC1CCC(CN)(OCc2ccn(C)n2)CC1. The van der Waals surface area contributed by atoms with E-state index in [1.54, 1.807) is 4.68 Å². The van der Waals surface area contributed by atoms with Crippen LogP contribution in [0.5, 0.6) is 0 Å². The maximum Gasteiger partial charge on any atom is 0.0914 e. The third kappa shape index (κ3) is 3.07. The van der Waals surface area contributed by atoms with Crippen LogP contribution in [0.1, 0.15) is 38.3 Å². The van der Waals surface area contributed by atoms with E-state index < -0.39 is 0 Å². The minimum atomic E-state index is -0.107. The fourth-order valence-electron chi connectivity index (χ4n) is 2.46. The Bertz CT molecular complexity index is 353. The van der Waals surface area contributed by atoms with Gasteiger partial charge in [-0.2, -0.15) is 5.10 Å². The average Bonchev–Trinajstić information content (AvgIpc) is 2.75. The summed E-state index contributed by atoms with van der Waals surface area (Å²) < 4.78 is 7.87. The molecule has 17 heavy (non-hydrogen) atoms. The number of hydrogen-bond donors (Lipinski definition) is 1. The first-order chi connectivity index (χ1) is 8.13. The Balaban J connectivity index is 1.91. The number of aryl methyl sites for hydroxylation is 1. The number of nitrogens with zero attached hydrogens (tertiary/aromatic N) is 2. The fraction of sp³-hybridized carbons (Fsp3) is 0.769. The van der Waals surface area contributed by atoms with Gasteiger partial charge in [0.25, 0.3) is 0 Å². The summed E-state index contributed by atoms with van der Waals surface area (Å²) in [5.74, 6) is 0.813. The van der Waals surface area contributed by atoms with Crippen molar-refractivity contribution in [1.29, 1.82) is 0 Å². The van der Waals surface area contributed by atoms with Gasteiger partial charge >= 0.3 is 0 Å². The highest BCUT2D eigenvalue weighted by Gasteiger charge is 2.33. The van der Waals surface area contributed by atoms with Gasteiger partial charge in [-0.3, -0.25) is 4.68 Å². The molecule has 1 aliphatic carbocycles. The van der Waals surface area contributed by atoms with Crippen molar-refractivity contribution in [3.63, 3.8) is 0 Å². The molecule has 1 aliphatic rings. The van der Waals surface area contributed by atoms with Crippen LogP contribution in [0.25, 0.3) is 0 Å². The molecule has 0 spiro atoms. The fourth-order valence-corrected chi connectivity index (χ4v) is 2.46. The minimum Gasteiger partial charge on any atom is -0.367 e. The van der Waals surface area contributed by atoms with Gasteiger partial charge in [-0.1, -0.05) is 6.92 Å². The molecular formula is C13H23N3O. The largest absolute Gasteiger partial charge is 0.367 e. The average molecular weight is 237 g/mol. The smallest absolute Gasteiger partial charge is 0.0914 e. The summed E-state index contributed by atoms with van der Waals surface area (Å²) in [5.41, 5.74) is 6.78. The zero-order valence-electron chi connectivity index (χ0n) is 10.9. The van der Waals surface area contributed by atoms with Crippen molar-refractivity contribution in [2.75, 3.05) is 6.54 Å². The molecule has 2 N–H and O–H groups in total. The van der Waals surface area contributed by atoms with E-state index in [0.29, 0.717) is 13.2 Å². The van der Waals surface area contributed by atoms with Crippen molar-refractivity contribution in [2.45, 2.75) is 44.8 Å². The molecule has 1 aromatic heterocycles. The van der Waals surface area contributed by atoms with Crippen LogP contribution in [0.15, 0.2) is 12.3 Å². The van der Waals surface area contributed by atoms with E-state index in [4.69, 9.17) is 10.5 Å². The van der Waals surface area contributed by atoms with Gasteiger partial charge in [0, 0.05) is 19.8 Å². The lowest BCUT2D eigenvalue weighted by atomic mass is 9.79. The Morgan fingerprint density at radius 3 is 2.76 bits per heavy atom. The quantitative estimate of drug-likeness (QED) is 0.869. The van der Waals surface area contributed by atoms with Gasteiger partial charge in [-0.05, 0) is 37.7 Å². The standard InChI is InChI=1S/C13H23N3O/c1-11-3-6-13(10-14,7-4-11)17-9-12-5-8-16(2)15-12/h5,8,11H,3-4,6-7,9-10,14H2,1-2H3. The van der Waals surface area contributed by atoms with Crippen LogP contribution in [-0.4, -0.2) is 21.9 Å². The van der Waals surface area contributed by atoms with Crippen LogP contribution in [0.3, 0.4) is 0 Å². The highest BCUT2D eigenvalue weighted by Crippen LogP contribution is 2.34. The second-order valence-electron chi connectivity index (χ2n) is 5.34. The molecule has 1 aromatic rings. The number of aromatic nitrogens is 2. The van der Waals surface area contributed by atoms with Crippen LogP contribution >= 0.6 is 0 Å². The van der Waals surface area contributed by atoms with Gasteiger partial charge in [0.2, 0.25) is 0 Å². The highest BCUT2D eigenvalue weighted by molar-refractivity contribution is 4.98. The molecule has 0 amide bonds. The highest BCUT2D eigenvalue weighted by atomic mass is 16.5. The molecule has 96 valence electrons. The van der Waals surface area contributed by atoms with Crippen molar-refractivity contribution < 1.29 is 4.74 Å². The molecule has 1 fully saturated rings. The van der Waals surface area contributed by atoms with E-state index in [0.717, 1.165) is 24.5 Å². The second-order valence-corrected chi connectivity index (χ2v) is 5.34. The minimum absolute atomic E-state index is 0.107. The first kappa shape index (κ1) is 12.6. The van der Waals surface area contributed by atoms with Crippen LogP contribution in [0, 0.1) is 5.92 Å². The Labute approximate surface area is 103 Å². The Morgan fingerprint density at radius 1 is 1.53 bits per heavy atom. The lowest BCUT2D eigenvalue weighted by Gasteiger charge is -2.38. The molecule has 0 atom stereocenters. The van der Waals surface area contributed by atoms with E-state index >= 15 is 0 Å². The predicted octanol–water partition coefficient (Wildman–Crippen LogP) is 1.84. The summed E-state index contributed by atoms with van der Waals surface area (Å²) in [5, 5.41) is 4.33. The molecule has 1 saturated carbocycles. The predicted molar refractivity (Wildman–Crippen MR) is 67.4 cm³/mol. The Kier molecular flexibility index (Phi) is 3.84. The molecule has 0 unspecified atom stereocenters. The number of hydrogen-bond acceptors (Lipinski definition) is 3.